The Hall–Kier alpha value is -0.0800. The normalized spacial score (nSPS) is 25.4. The van der Waals surface area contributed by atoms with E-state index < -0.39 is 0 Å². The average Bonchev–Trinajstić information content (AvgIpc) is 2.76. The molecule has 2 heteroatoms. The van der Waals surface area contributed by atoms with E-state index in [9.17, 15) is 0 Å². The smallest absolute Gasteiger partial charge is 0.0700 e. The molecule has 0 aromatic heterocycles. The van der Waals surface area contributed by atoms with E-state index in [2.05, 4.69) is 26.1 Å². The summed E-state index contributed by atoms with van der Waals surface area (Å²) in [5, 5.41) is 3.65. The van der Waals surface area contributed by atoms with Crippen LogP contribution in [-0.2, 0) is 4.74 Å². The summed E-state index contributed by atoms with van der Waals surface area (Å²) in [4.78, 5) is 0. The number of nitrogens with one attached hydrogen (secondary N) is 1. The van der Waals surface area contributed by atoms with Crippen molar-refractivity contribution in [2.24, 2.45) is 5.92 Å². The van der Waals surface area contributed by atoms with Gasteiger partial charge in [0.1, 0.15) is 0 Å². The summed E-state index contributed by atoms with van der Waals surface area (Å²) in [6.07, 6.45) is 6.80. The highest BCUT2D eigenvalue weighted by Gasteiger charge is 2.17. The maximum atomic E-state index is 5.62. The molecule has 90 valence electrons. The van der Waals surface area contributed by atoms with Crippen LogP contribution in [0.3, 0.4) is 0 Å². The fourth-order valence-electron chi connectivity index (χ4n) is 2.15. The van der Waals surface area contributed by atoms with Crippen LogP contribution in [0.5, 0.6) is 0 Å². The second kappa shape index (κ2) is 7.24. The summed E-state index contributed by atoms with van der Waals surface area (Å²) >= 11 is 0. The minimum atomic E-state index is 0.482. The molecular weight excluding hydrogens is 186 g/mol. The van der Waals surface area contributed by atoms with Gasteiger partial charge in [0.05, 0.1) is 6.10 Å². The summed E-state index contributed by atoms with van der Waals surface area (Å²) in [7, 11) is 0. The summed E-state index contributed by atoms with van der Waals surface area (Å²) < 4.78 is 5.62. The summed E-state index contributed by atoms with van der Waals surface area (Å²) in [6.45, 7) is 8.91. The Morgan fingerprint density at radius 3 is 2.67 bits per heavy atom. The molecule has 1 aliphatic heterocycles. The Kier molecular flexibility index (Phi) is 6.26. The topological polar surface area (TPSA) is 21.3 Å². The van der Waals surface area contributed by atoms with E-state index >= 15 is 0 Å². The van der Waals surface area contributed by atoms with Crippen LogP contribution < -0.4 is 5.32 Å². The Bertz CT molecular complexity index is 155. The molecule has 0 aromatic rings. The summed E-state index contributed by atoms with van der Waals surface area (Å²) in [6, 6.07) is 0.684. The number of ether oxygens (including phenoxy) is 1. The lowest BCUT2D eigenvalue weighted by atomic mass is 9.97. The van der Waals surface area contributed by atoms with Gasteiger partial charge in [-0.05, 0) is 31.6 Å². The molecule has 0 aliphatic carbocycles. The van der Waals surface area contributed by atoms with Crippen molar-refractivity contribution >= 4 is 0 Å². The van der Waals surface area contributed by atoms with E-state index in [-0.39, 0.29) is 0 Å². The van der Waals surface area contributed by atoms with Crippen LogP contribution in [0, 0.1) is 5.92 Å². The molecule has 0 spiro atoms. The van der Waals surface area contributed by atoms with Crippen molar-refractivity contribution in [2.75, 3.05) is 13.2 Å². The minimum absolute atomic E-state index is 0.482. The van der Waals surface area contributed by atoms with Crippen molar-refractivity contribution in [3.63, 3.8) is 0 Å². The highest BCUT2D eigenvalue weighted by molar-refractivity contribution is 4.73. The van der Waals surface area contributed by atoms with Crippen LogP contribution in [-0.4, -0.2) is 25.3 Å². The molecule has 15 heavy (non-hydrogen) atoms. The predicted molar refractivity (Wildman–Crippen MR) is 65.1 cm³/mol. The van der Waals surface area contributed by atoms with E-state index in [0.717, 1.165) is 19.1 Å². The first-order valence-electron chi connectivity index (χ1n) is 6.61. The quantitative estimate of drug-likeness (QED) is 0.702. The van der Waals surface area contributed by atoms with E-state index in [1.807, 2.05) is 0 Å². The maximum absolute atomic E-state index is 5.62. The Morgan fingerprint density at radius 1 is 1.33 bits per heavy atom. The third-order valence-electron chi connectivity index (χ3n) is 3.53. The molecule has 1 rings (SSSR count). The van der Waals surface area contributed by atoms with Gasteiger partial charge in [-0.15, -0.1) is 0 Å². The molecule has 1 fully saturated rings. The first-order chi connectivity index (χ1) is 7.26. The van der Waals surface area contributed by atoms with Gasteiger partial charge in [-0.2, -0.15) is 0 Å². The van der Waals surface area contributed by atoms with Crippen molar-refractivity contribution in [3.05, 3.63) is 0 Å². The first kappa shape index (κ1) is 13.0. The van der Waals surface area contributed by atoms with Crippen molar-refractivity contribution in [1.29, 1.82) is 0 Å². The highest BCUT2D eigenvalue weighted by Crippen LogP contribution is 2.14. The third kappa shape index (κ3) is 4.98. The second-order valence-corrected chi connectivity index (χ2v) is 4.90. The standard InChI is InChI=1S/C13H27NO/c1-4-11(3)9-12(5-2)14-10-13-7-6-8-15-13/h11-14H,4-10H2,1-3H3. The fraction of sp³-hybridized carbons (Fsp3) is 1.00. The van der Waals surface area contributed by atoms with E-state index in [0.29, 0.717) is 12.1 Å². The van der Waals surface area contributed by atoms with Gasteiger partial charge in [0.25, 0.3) is 0 Å². The molecule has 1 saturated heterocycles. The molecule has 0 aromatic carbocycles. The lowest BCUT2D eigenvalue weighted by molar-refractivity contribution is 0.106. The lowest BCUT2D eigenvalue weighted by Gasteiger charge is -2.22. The van der Waals surface area contributed by atoms with Crippen LogP contribution in [0.2, 0.25) is 0 Å². The van der Waals surface area contributed by atoms with Gasteiger partial charge in [0.15, 0.2) is 0 Å². The Morgan fingerprint density at radius 2 is 2.13 bits per heavy atom. The highest BCUT2D eigenvalue weighted by atomic mass is 16.5. The van der Waals surface area contributed by atoms with Crippen LogP contribution in [0.15, 0.2) is 0 Å². The number of rotatable bonds is 7. The van der Waals surface area contributed by atoms with E-state index in [1.165, 1.54) is 32.1 Å². The van der Waals surface area contributed by atoms with Gasteiger partial charge < -0.3 is 10.1 Å². The number of hydrogen-bond donors (Lipinski definition) is 1. The van der Waals surface area contributed by atoms with Gasteiger partial charge in [-0.25, -0.2) is 0 Å². The van der Waals surface area contributed by atoms with Gasteiger partial charge in [-0.3, -0.25) is 0 Å². The molecule has 1 heterocycles. The molecule has 0 saturated carbocycles. The molecule has 3 atom stereocenters. The zero-order valence-corrected chi connectivity index (χ0v) is 10.6. The molecule has 0 radical (unpaired) electrons. The molecule has 1 aliphatic rings. The molecule has 0 bridgehead atoms. The first-order valence-corrected chi connectivity index (χ1v) is 6.61. The Labute approximate surface area is 94.8 Å². The van der Waals surface area contributed by atoms with Crippen molar-refractivity contribution in [3.8, 4) is 0 Å². The molecule has 3 unspecified atom stereocenters. The zero-order chi connectivity index (χ0) is 11.1. The van der Waals surface area contributed by atoms with Gasteiger partial charge in [-0.1, -0.05) is 27.2 Å². The van der Waals surface area contributed by atoms with E-state index in [1.54, 1.807) is 0 Å². The van der Waals surface area contributed by atoms with Crippen molar-refractivity contribution in [1.82, 2.24) is 5.32 Å². The van der Waals surface area contributed by atoms with Crippen LogP contribution in [0.25, 0.3) is 0 Å². The van der Waals surface area contributed by atoms with Gasteiger partial charge in [0.2, 0.25) is 0 Å². The lowest BCUT2D eigenvalue weighted by Crippen LogP contribution is -2.36. The average molecular weight is 213 g/mol. The molecular formula is C13H27NO. The summed E-state index contributed by atoms with van der Waals surface area (Å²) in [5.74, 6) is 0.840. The predicted octanol–water partition coefficient (Wildman–Crippen LogP) is 2.97. The van der Waals surface area contributed by atoms with Crippen LogP contribution in [0.1, 0.15) is 52.9 Å². The van der Waals surface area contributed by atoms with Crippen LogP contribution >= 0.6 is 0 Å². The number of hydrogen-bond acceptors (Lipinski definition) is 2. The Balaban J connectivity index is 2.14. The fourth-order valence-corrected chi connectivity index (χ4v) is 2.15. The molecule has 2 nitrogen and oxygen atoms in total. The van der Waals surface area contributed by atoms with Gasteiger partial charge >= 0.3 is 0 Å². The van der Waals surface area contributed by atoms with Crippen molar-refractivity contribution < 1.29 is 4.74 Å². The second-order valence-electron chi connectivity index (χ2n) is 4.90. The molecule has 0 amide bonds. The monoisotopic (exact) mass is 213 g/mol. The molecule has 1 N–H and O–H groups in total. The van der Waals surface area contributed by atoms with Crippen LogP contribution in [0.4, 0.5) is 0 Å². The maximum Gasteiger partial charge on any atom is 0.0700 e. The summed E-state index contributed by atoms with van der Waals surface area (Å²) in [5.41, 5.74) is 0. The van der Waals surface area contributed by atoms with Gasteiger partial charge in [0, 0.05) is 19.2 Å². The zero-order valence-electron chi connectivity index (χ0n) is 10.6. The van der Waals surface area contributed by atoms with E-state index in [4.69, 9.17) is 4.74 Å². The third-order valence-corrected chi connectivity index (χ3v) is 3.53. The minimum Gasteiger partial charge on any atom is -0.377 e. The largest absolute Gasteiger partial charge is 0.377 e. The SMILES string of the molecule is CCC(C)CC(CC)NCC1CCCO1. The van der Waals surface area contributed by atoms with Crippen molar-refractivity contribution in [2.45, 2.75) is 65.0 Å².